The van der Waals surface area contributed by atoms with E-state index in [1.807, 2.05) is 37.4 Å². The van der Waals surface area contributed by atoms with Crippen molar-refractivity contribution in [2.75, 3.05) is 14.2 Å². The number of ether oxygens (including phenoxy) is 1. The maximum absolute atomic E-state index is 13.9. The van der Waals surface area contributed by atoms with Crippen LogP contribution in [0.4, 0.5) is 13.2 Å². The number of rotatable bonds is 5. The second-order valence-corrected chi connectivity index (χ2v) is 12.8. The van der Waals surface area contributed by atoms with Crippen LogP contribution in [0.25, 0.3) is 0 Å². The first-order chi connectivity index (χ1) is 18.0. The highest BCUT2D eigenvalue weighted by atomic mass is 19.4. The highest BCUT2D eigenvalue weighted by Crippen LogP contribution is 2.65. The second kappa shape index (κ2) is 10.3. The number of nitrogens with zero attached hydrogens (tertiary/aromatic N) is 1. The lowest BCUT2D eigenvalue weighted by Gasteiger charge is -2.57. The lowest BCUT2D eigenvalue weighted by Crippen LogP contribution is -2.56. The highest BCUT2D eigenvalue weighted by Gasteiger charge is 2.63. The molecule has 0 aromatic heterocycles. The van der Waals surface area contributed by atoms with Crippen molar-refractivity contribution in [2.24, 2.45) is 45.9 Å². The van der Waals surface area contributed by atoms with Crippen molar-refractivity contribution in [2.45, 2.75) is 89.5 Å². The lowest BCUT2D eigenvalue weighted by atomic mass is 9.49. The van der Waals surface area contributed by atoms with Crippen molar-refractivity contribution < 1.29 is 22.7 Å². The molecule has 4 aliphatic rings. The zero-order valence-corrected chi connectivity index (χ0v) is 23.2. The van der Waals surface area contributed by atoms with Gasteiger partial charge >= 0.3 is 6.18 Å². The number of nitrogens with one attached hydrogen (secondary N) is 1. The van der Waals surface area contributed by atoms with Crippen molar-refractivity contribution in [3.63, 3.8) is 0 Å². The molecule has 4 fully saturated rings. The molecule has 1 N–H and O–H groups in total. The van der Waals surface area contributed by atoms with E-state index in [9.17, 15) is 18.0 Å². The summed E-state index contributed by atoms with van der Waals surface area (Å²) in [4.78, 5) is 17.6. The third kappa shape index (κ3) is 4.61. The molecule has 0 unspecified atom stereocenters. The van der Waals surface area contributed by atoms with Gasteiger partial charge in [-0.25, -0.2) is 0 Å². The number of benzene rings is 1. The monoisotopic (exact) mass is 532 g/mol. The molecule has 4 aliphatic carbocycles. The van der Waals surface area contributed by atoms with Crippen LogP contribution in [0.1, 0.15) is 88.8 Å². The molecule has 1 amide bonds. The summed E-state index contributed by atoms with van der Waals surface area (Å²) >= 11 is 0. The number of aliphatic imine (C=N–C) groups is 1. The minimum Gasteiger partial charge on any atom is -0.369 e. The zero-order valence-electron chi connectivity index (χ0n) is 23.2. The number of hydrogen-bond donors (Lipinski definition) is 1. The van der Waals surface area contributed by atoms with Crippen molar-refractivity contribution in [3.05, 3.63) is 35.4 Å². The van der Waals surface area contributed by atoms with Crippen molar-refractivity contribution in [1.29, 1.82) is 0 Å². The predicted molar refractivity (Wildman–Crippen MR) is 143 cm³/mol. The molecule has 210 valence electrons. The van der Waals surface area contributed by atoms with Gasteiger partial charge in [0.05, 0.1) is 6.04 Å². The van der Waals surface area contributed by atoms with Gasteiger partial charge in [-0.1, -0.05) is 31.2 Å². The predicted octanol–water partition coefficient (Wildman–Crippen LogP) is 7.13. The quantitative estimate of drug-likeness (QED) is 0.410. The van der Waals surface area contributed by atoms with Gasteiger partial charge in [-0.2, -0.15) is 13.2 Å². The third-order valence-electron chi connectivity index (χ3n) is 11.3. The Morgan fingerprint density at radius 1 is 1.05 bits per heavy atom. The fourth-order valence-corrected chi connectivity index (χ4v) is 9.27. The van der Waals surface area contributed by atoms with Gasteiger partial charge in [0, 0.05) is 26.3 Å². The fraction of sp³-hybridized carbons (Fsp3) is 0.742. The first kappa shape index (κ1) is 27.7. The first-order valence-electron chi connectivity index (χ1n) is 14.5. The molecule has 38 heavy (non-hydrogen) atoms. The van der Waals surface area contributed by atoms with E-state index in [0.29, 0.717) is 30.1 Å². The Balaban J connectivity index is 1.25. The van der Waals surface area contributed by atoms with E-state index in [1.54, 1.807) is 7.05 Å². The van der Waals surface area contributed by atoms with Gasteiger partial charge in [-0.15, -0.1) is 0 Å². The molecule has 1 aromatic rings. The molecule has 5 rings (SSSR count). The van der Waals surface area contributed by atoms with Crippen LogP contribution in [0.3, 0.4) is 0 Å². The summed E-state index contributed by atoms with van der Waals surface area (Å²) in [6, 6.07) is 8.07. The largest absolute Gasteiger partial charge is 0.417 e. The van der Waals surface area contributed by atoms with Crippen LogP contribution in [-0.2, 0) is 9.53 Å². The van der Waals surface area contributed by atoms with E-state index in [0.717, 1.165) is 49.7 Å². The standard InChI is InChI=1S/C31H43F3N2O2/c1-19(21-7-5-20(6-8-21)18-35-3)36-28(37)27-12-11-26-25-10-9-22-17-30(38-4,31(32,33)34)16-14-23(22)24(25)13-15-29(26,27)2/h5-8,18-19,22-27H,9-17H2,1-4H3,(H,36,37)/b35-18-/t19-,22+,23-,24+,25+,26-,27+,29-,30+/m0/s1. The Morgan fingerprint density at radius 3 is 2.42 bits per heavy atom. The first-order valence-corrected chi connectivity index (χ1v) is 14.5. The fourth-order valence-electron chi connectivity index (χ4n) is 9.27. The average Bonchev–Trinajstić information content (AvgIpc) is 3.25. The molecule has 0 radical (unpaired) electrons. The molecule has 4 saturated carbocycles. The number of carbonyl (C=O) groups is 1. The molecule has 0 saturated heterocycles. The van der Waals surface area contributed by atoms with Crippen molar-refractivity contribution in [1.82, 2.24) is 5.32 Å². The van der Waals surface area contributed by atoms with Crippen LogP contribution < -0.4 is 5.32 Å². The summed E-state index contributed by atoms with van der Waals surface area (Å²) < 4.78 is 46.9. The van der Waals surface area contributed by atoms with Crippen LogP contribution in [0.2, 0.25) is 0 Å². The van der Waals surface area contributed by atoms with E-state index >= 15 is 0 Å². The van der Waals surface area contributed by atoms with Crippen molar-refractivity contribution >= 4 is 12.1 Å². The van der Waals surface area contributed by atoms with E-state index < -0.39 is 11.8 Å². The Labute approximate surface area is 225 Å². The number of carbonyl (C=O) groups excluding carboxylic acids is 1. The van der Waals surface area contributed by atoms with Gasteiger partial charge in [0.1, 0.15) is 0 Å². The van der Waals surface area contributed by atoms with Gasteiger partial charge in [0.15, 0.2) is 5.60 Å². The molecule has 7 heteroatoms. The molecule has 0 spiro atoms. The van der Waals surface area contributed by atoms with Crippen LogP contribution in [0.15, 0.2) is 29.3 Å². The molecule has 0 heterocycles. The zero-order chi connectivity index (χ0) is 27.3. The number of methoxy groups -OCH3 is 1. The van der Waals surface area contributed by atoms with Crippen LogP contribution >= 0.6 is 0 Å². The minimum atomic E-state index is -4.32. The van der Waals surface area contributed by atoms with Gasteiger partial charge in [-0.3, -0.25) is 9.79 Å². The molecule has 0 aliphatic heterocycles. The van der Waals surface area contributed by atoms with Gasteiger partial charge < -0.3 is 10.1 Å². The van der Waals surface area contributed by atoms with Gasteiger partial charge in [0.2, 0.25) is 5.91 Å². The highest BCUT2D eigenvalue weighted by molar-refractivity contribution is 5.81. The Morgan fingerprint density at radius 2 is 1.76 bits per heavy atom. The maximum Gasteiger partial charge on any atom is 0.417 e. The number of halogens is 3. The molecular weight excluding hydrogens is 489 g/mol. The van der Waals surface area contributed by atoms with E-state index in [2.05, 4.69) is 17.2 Å². The summed E-state index contributed by atoms with van der Waals surface area (Å²) in [5.41, 5.74) is 0.116. The second-order valence-electron chi connectivity index (χ2n) is 12.8. The van der Waals surface area contributed by atoms with E-state index in [1.165, 1.54) is 7.11 Å². The molecule has 0 bridgehead atoms. The SMILES string of the molecule is C/N=C\c1ccc([C@H](C)NC(=O)[C@H]2CC[C@H]3[C@@H]4CC[C@@H]5C[C@@](OC)(C(F)(F)F)CC[C@@H]5[C@H]4CC[C@]23C)cc1. The number of alkyl halides is 3. The van der Waals surface area contributed by atoms with Crippen LogP contribution in [0, 0.1) is 40.9 Å². The van der Waals surface area contributed by atoms with Crippen LogP contribution in [-0.4, -0.2) is 38.1 Å². The van der Waals surface area contributed by atoms with Crippen molar-refractivity contribution in [3.8, 4) is 0 Å². The van der Waals surface area contributed by atoms with E-state index in [4.69, 9.17) is 4.74 Å². The topological polar surface area (TPSA) is 50.7 Å². The molecule has 4 nitrogen and oxygen atoms in total. The molecule has 9 atom stereocenters. The average molecular weight is 533 g/mol. The van der Waals surface area contributed by atoms with E-state index in [-0.39, 0.29) is 42.0 Å². The minimum absolute atomic E-state index is 0.00199. The normalized spacial score (nSPS) is 39.8. The van der Waals surface area contributed by atoms with Gasteiger partial charge in [0.25, 0.3) is 0 Å². The summed E-state index contributed by atoms with van der Waals surface area (Å²) in [7, 11) is 2.98. The number of hydrogen-bond acceptors (Lipinski definition) is 3. The summed E-state index contributed by atoms with van der Waals surface area (Å²) in [5, 5.41) is 3.30. The molecular formula is C31H43F3N2O2. The Bertz CT molecular complexity index is 1040. The number of amides is 1. The maximum atomic E-state index is 13.9. The van der Waals surface area contributed by atoms with Crippen LogP contribution in [0.5, 0.6) is 0 Å². The summed E-state index contributed by atoms with van der Waals surface area (Å²) in [6.07, 6.45) is 4.12. The van der Waals surface area contributed by atoms with Gasteiger partial charge in [-0.05, 0) is 111 Å². The molecule has 1 aromatic carbocycles. The smallest absolute Gasteiger partial charge is 0.369 e. The summed E-state index contributed by atoms with van der Waals surface area (Å²) in [5.74, 6) is 2.10. The summed E-state index contributed by atoms with van der Waals surface area (Å²) in [6.45, 7) is 4.36. The Hall–Kier alpha value is -1.89. The third-order valence-corrected chi connectivity index (χ3v) is 11.3. The lowest BCUT2D eigenvalue weighted by molar-refractivity contribution is -0.291. The Kier molecular flexibility index (Phi) is 7.47. The number of fused-ring (bicyclic) bond motifs is 5.